The number of nitrogens with zero attached hydrogens (tertiary/aromatic N) is 4. The number of rotatable bonds is 4. The summed E-state index contributed by atoms with van der Waals surface area (Å²) < 4.78 is 8.99. The molecule has 0 aliphatic carbocycles. The maximum atomic E-state index is 6.64. The van der Waals surface area contributed by atoms with Crippen LogP contribution in [0.2, 0.25) is 0 Å². The lowest BCUT2D eigenvalue weighted by atomic mass is 10.0. The van der Waals surface area contributed by atoms with Crippen LogP contribution in [0.5, 0.6) is 0 Å². The summed E-state index contributed by atoms with van der Waals surface area (Å²) in [6, 6.07) is 59.2. The third-order valence-corrected chi connectivity index (χ3v) is 10.2. The molecule has 0 saturated heterocycles. The second-order valence-electron chi connectivity index (χ2n) is 13.3. The van der Waals surface area contributed by atoms with Crippen LogP contribution in [0.25, 0.3) is 105 Å². The number of aromatic nitrogens is 4. The second-order valence-corrected chi connectivity index (χ2v) is 13.3. The van der Waals surface area contributed by atoms with Crippen LogP contribution in [0.15, 0.2) is 174 Å². The zero-order chi connectivity index (χ0) is 34.2. The molecular formula is C47H28N4O. The van der Waals surface area contributed by atoms with Gasteiger partial charge in [-0.1, -0.05) is 121 Å². The highest BCUT2D eigenvalue weighted by Crippen LogP contribution is 2.40. The van der Waals surface area contributed by atoms with Crippen molar-refractivity contribution in [2.24, 2.45) is 0 Å². The molecule has 0 aliphatic rings. The van der Waals surface area contributed by atoms with Crippen LogP contribution in [-0.4, -0.2) is 19.5 Å². The Morgan fingerprint density at radius 1 is 0.385 bits per heavy atom. The molecule has 0 radical (unpaired) electrons. The minimum Gasteiger partial charge on any atom is -0.456 e. The van der Waals surface area contributed by atoms with E-state index in [0.717, 1.165) is 60.7 Å². The summed E-state index contributed by atoms with van der Waals surface area (Å²) in [5.41, 5.74) is 7.72. The van der Waals surface area contributed by atoms with E-state index in [4.69, 9.17) is 19.4 Å². The van der Waals surface area contributed by atoms with Gasteiger partial charge < -0.3 is 8.98 Å². The fourth-order valence-corrected chi connectivity index (χ4v) is 7.74. The van der Waals surface area contributed by atoms with Crippen molar-refractivity contribution in [3.05, 3.63) is 170 Å². The minimum atomic E-state index is 0.601. The van der Waals surface area contributed by atoms with Crippen LogP contribution in [0.4, 0.5) is 0 Å². The Labute approximate surface area is 298 Å². The monoisotopic (exact) mass is 664 g/mol. The molecule has 0 saturated carbocycles. The maximum absolute atomic E-state index is 6.64. The summed E-state index contributed by atoms with van der Waals surface area (Å²) in [5.74, 6) is 1.85. The van der Waals surface area contributed by atoms with Gasteiger partial charge in [0.05, 0.1) is 11.0 Å². The van der Waals surface area contributed by atoms with Crippen molar-refractivity contribution >= 4 is 65.3 Å². The summed E-state index contributed by atoms with van der Waals surface area (Å²) in [5, 5.41) is 9.19. The lowest BCUT2D eigenvalue weighted by Gasteiger charge is -2.10. The molecule has 52 heavy (non-hydrogen) atoms. The highest BCUT2D eigenvalue weighted by molar-refractivity contribution is 6.15. The molecule has 0 aliphatic heterocycles. The summed E-state index contributed by atoms with van der Waals surface area (Å²) in [6.07, 6.45) is 0. The third-order valence-electron chi connectivity index (χ3n) is 10.2. The van der Waals surface area contributed by atoms with Gasteiger partial charge in [-0.15, -0.1) is 0 Å². The van der Waals surface area contributed by atoms with E-state index in [1.165, 1.54) is 26.9 Å². The Bertz CT molecular complexity index is 3190. The molecular weight excluding hydrogens is 637 g/mol. The summed E-state index contributed by atoms with van der Waals surface area (Å²) in [6.45, 7) is 0. The first-order valence-corrected chi connectivity index (χ1v) is 17.4. The predicted molar refractivity (Wildman–Crippen MR) is 213 cm³/mol. The normalized spacial score (nSPS) is 11.8. The van der Waals surface area contributed by atoms with Gasteiger partial charge in [0.2, 0.25) is 0 Å². The Morgan fingerprint density at radius 2 is 1.08 bits per heavy atom. The zero-order valence-corrected chi connectivity index (χ0v) is 27.9. The molecule has 3 aromatic heterocycles. The smallest absolute Gasteiger partial charge is 0.164 e. The fourth-order valence-electron chi connectivity index (χ4n) is 7.74. The van der Waals surface area contributed by atoms with Gasteiger partial charge in [-0.25, -0.2) is 15.0 Å². The molecule has 0 fully saturated rings. The highest BCUT2D eigenvalue weighted by Gasteiger charge is 2.20. The van der Waals surface area contributed by atoms with Crippen molar-refractivity contribution in [3.63, 3.8) is 0 Å². The van der Waals surface area contributed by atoms with Crippen LogP contribution in [0.1, 0.15) is 0 Å². The molecule has 0 atom stereocenters. The lowest BCUT2D eigenvalue weighted by Crippen LogP contribution is -2.00. The van der Waals surface area contributed by atoms with Gasteiger partial charge in [-0.05, 0) is 64.0 Å². The first-order chi connectivity index (χ1) is 25.7. The van der Waals surface area contributed by atoms with Gasteiger partial charge in [-0.3, -0.25) is 0 Å². The minimum absolute atomic E-state index is 0.601. The van der Waals surface area contributed by atoms with E-state index in [1.54, 1.807) is 0 Å². The molecule has 0 unspecified atom stereocenters. The molecule has 0 bridgehead atoms. The Morgan fingerprint density at radius 3 is 1.92 bits per heavy atom. The first-order valence-electron chi connectivity index (χ1n) is 17.4. The highest BCUT2D eigenvalue weighted by atomic mass is 16.3. The van der Waals surface area contributed by atoms with Crippen LogP contribution < -0.4 is 0 Å². The Balaban J connectivity index is 1.12. The van der Waals surface area contributed by atoms with Gasteiger partial charge >= 0.3 is 0 Å². The van der Waals surface area contributed by atoms with Gasteiger partial charge in [0.15, 0.2) is 17.5 Å². The van der Waals surface area contributed by atoms with E-state index >= 15 is 0 Å². The van der Waals surface area contributed by atoms with Crippen molar-refractivity contribution in [3.8, 4) is 39.9 Å². The average Bonchev–Trinajstić information content (AvgIpc) is 3.74. The van der Waals surface area contributed by atoms with E-state index in [-0.39, 0.29) is 0 Å². The lowest BCUT2D eigenvalue weighted by molar-refractivity contribution is 0.668. The van der Waals surface area contributed by atoms with Crippen molar-refractivity contribution in [2.75, 3.05) is 0 Å². The summed E-state index contributed by atoms with van der Waals surface area (Å²) in [4.78, 5) is 15.2. The Hall–Kier alpha value is -7.11. The standard InChI is InChI=1S/C47H28N4O/c1-2-12-30(13-3-1)45-48-46(34-22-21-29-11-4-5-14-31(29)25-34)50-47(49-45)38-18-10-20-42-44(38)37-24-23-35(28-43(37)52-42)51-40-19-9-8-17-36(40)39-26-32-15-6-7-16-33(32)27-41(39)51/h1-28H. The largest absolute Gasteiger partial charge is 0.456 e. The zero-order valence-electron chi connectivity index (χ0n) is 27.9. The van der Waals surface area contributed by atoms with E-state index in [9.17, 15) is 0 Å². The second kappa shape index (κ2) is 11.2. The maximum Gasteiger partial charge on any atom is 0.164 e. The number of hydrogen-bond acceptors (Lipinski definition) is 4. The summed E-state index contributed by atoms with van der Waals surface area (Å²) >= 11 is 0. The van der Waals surface area contributed by atoms with Crippen molar-refractivity contribution in [1.29, 1.82) is 0 Å². The number of furan rings is 1. The Kier molecular flexibility index (Phi) is 6.18. The van der Waals surface area contributed by atoms with Gasteiger partial charge in [-0.2, -0.15) is 0 Å². The molecule has 242 valence electrons. The molecule has 3 heterocycles. The van der Waals surface area contributed by atoms with Crippen molar-refractivity contribution in [1.82, 2.24) is 19.5 Å². The van der Waals surface area contributed by atoms with E-state index in [2.05, 4.69) is 132 Å². The SMILES string of the molecule is c1ccc(-c2nc(-c3ccc4ccccc4c3)nc(-c3cccc4oc5cc(-n6c7ccccc7c7cc8ccccc8cc76)ccc5c34)n2)cc1. The van der Waals surface area contributed by atoms with Crippen LogP contribution >= 0.6 is 0 Å². The quantitative estimate of drug-likeness (QED) is 0.188. The number of benzene rings is 8. The summed E-state index contributed by atoms with van der Waals surface area (Å²) in [7, 11) is 0. The van der Waals surface area contributed by atoms with Crippen molar-refractivity contribution in [2.45, 2.75) is 0 Å². The topological polar surface area (TPSA) is 56.7 Å². The number of para-hydroxylation sites is 1. The molecule has 11 aromatic rings. The number of fused-ring (bicyclic) bond motifs is 8. The van der Waals surface area contributed by atoms with Crippen LogP contribution in [-0.2, 0) is 0 Å². The molecule has 8 aromatic carbocycles. The van der Waals surface area contributed by atoms with Gasteiger partial charge in [0.25, 0.3) is 0 Å². The van der Waals surface area contributed by atoms with E-state index in [1.807, 2.05) is 42.5 Å². The fraction of sp³-hybridized carbons (Fsp3) is 0. The average molecular weight is 665 g/mol. The first kappa shape index (κ1) is 28.7. The van der Waals surface area contributed by atoms with Gasteiger partial charge in [0.1, 0.15) is 11.2 Å². The van der Waals surface area contributed by atoms with Crippen molar-refractivity contribution < 1.29 is 4.42 Å². The third kappa shape index (κ3) is 4.46. The molecule has 0 N–H and O–H groups in total. The number of hydrogen-bond donors (Lipinski definition) is 0. The molecule has 11 rings (SSSR count). The molecule has 5 heteroatoms. The van der Waals surface area contributed by atoms with Gasteiger partial charge in [0, 0.05) is 50.0 Å². The van der Waals surface area contributed by atoms with E-state index in [0.29, 0.717) is 17.5 Å². The van der Waals surface area contributed by atoms with Crippen LogP contribution in [0.3, 0.4) is 0 Å². The molecule has 0 amide bonds. The van der Waals surface area contributed by atoms with Crippen LogP contribution in [0, 0.1) is 0 Å². The van der Waals surface area contributed by atoms with E-state index < -0.39 is 0 Å². The molecule has 0 spiro atoms. The predicted octanol–water partition coefficient (Wildman–Crippen LogP) is 12.2. The molecule has 5 nitrogen and oxygen atoms in total.